The summed E-state index contributed by atoms with van der Waals surface area (Å²) in [6.45, 7) is 1.95. The van der Waals surface area contributed by atoms with Gasteiger partial charge in [0, 0.05) is 19.3 Å². The van der Waals surface area contributed by atoms with Crippen molar-refractivity contribution in [3.8, 4) is 0 Å². The van der Waals surface area contributed by atoms with Crippen LogP contribution in [0, 0.1) is 0 Å². The van der Waals surface area contributed by atoms with E-state index in [4.69, 9.17) is 5.73 Å². The van der Waals surface area contributed by atoms with E-state index in [-0.39, 0.29) is 6.04 Å². The molecule has 2 heterocycles. The topological polar surface area (TPSA) is 69.6 Å². The molecular weight excluding hydrogens is 222 g/mol. The minimum Gasteiger partial charge on any atom is -0.324 e. The van der Waals surface area contributed by atoms with E-state index in [1.165, 1.54) is 11.8 Å². The molecule has 2 aromatic heterocycles. The van der Waals surface area contributed by atoms with Crippen LogP contribution in [0.1, 0.15) is 18.5 Å². The van der Waals surface area contributed by atoms with Gasteiger partial charge in [-0.3, -0.25) is 0 Å². The van der Waals surface area contributed by atoms with Crippen LogP contribution in [0.4, 0.5) is 0 Å². The quantitative estimate of drug-likeness (QED) is 0.870. The van der Waals surface area contributed by atoms with Gasteiger partial charge in [0.15, 0.2) is 5.16 Å². The van der Waals surface area contributed by atoms with Gasteiger partial charge in [0.05, 0.1) is 0 Å². The maximum absolute atomic E-state index is 5.82. The number of pyridine rings is 1. The van der Waals surface area contributed by atoms with Crippen molar-refractivity contribution < 1.29 is 0 Å². The fourth-order valence-electron chi connectivity index (χ4n) is 1.22. The van der Waals surface area contributed by atoms with Crippen molar-refractivity contribution in [2.24, 2.45) is 12.8 Å². The van der Waals surface area contributed by atoms with Gasteiger partial charge in [-0.25, -0.2) is 4.98 Å². The zero-order valence-corrected chi connectivity index (χ0v) is 9.98. The highest BCUT2D eigenvalue weighted by Crippen LogP contribution is 2.24. The zero-order chi connectivity index (χ0) is 11.5. The monoisotopic (exact) mass is 235 g/mol. The van der Waals surface area contributed by atoms with E-state index in [1.54, 1.807) is 12.5 Å². The van der Waals surface area contributed by atoms with E-state index in [0.29, 0.717) is 0 Å². The van der Waals surface area contributed by atoms with E-state index < -0.39 is 0 Å². The lowest BCUT2D eigenvalue weighted by Gasteiger charge is -2.06. The summed E-state index contributed by atoms with van der Waals surface area (Å²) in [7, 11) is 1.90. The van der Waals surface area contributed by atoms with Crippen LogP contribution in [-0.2, 0) is 7.05 Å². The molecule has 2 N–H and O–H groups in total. The molecule has 0 unspecified atom stereocenters. The maximum Gasteiger partial charge on any atom is 0.197 e. The second-order valence-electron chi connectivity index (χ2n) is 3.54. The van der Waals surface area contributed by atoms with Crippen LogP contribution in [0.2, 0.25) is 0 Å². The van der Waals surface area contributed by atoms with Crippen molar-refractivity contribution in [2.45, 2.75) is 23.1 Å². The van der Waals surface area contributed by atoms with Gasteiger partial charge in [-0.05, 0) is 36.4 Å². The molecule has 6 heteroatoms. The van der Waals surface area contributed by atoms with Crippen LogP contribution in [0.5, 0.6) is 0 Å². The smallest absolute Gasteiger partial charge is 0.197 e. The molecule has 0 fully saturated rings. The van der Waals surface area contributed by atoms with Crippen LogP contribution >= 0.6 is 11.8 Å². The third-order valence-corrected chi connectivity index (χ3v) is 3.14. The standard InChI is InChI=1S/C10H13N5S/c1-7(11)8-3-4-12-9(5-8)16-10-14-13-6-15(10)2/h3-7H,11H2,1-2H3/t7-/m1/s1. The summed E-state index contributed by atoms with van der Waals surface area (Å²) in [5.74, 6) is 0. The van der Waals surface area contributed by atoms with Crippen molar-refractivity contribution in [1.29, 1.82) is 0 Å². The average molecular weight is 235 g/mol. The molecule has 0 saturated carbocycles. The summed E-state index contributed by atoms with van der Waals surface area (Å²) in [6, 6.07) is 3.91. The normalized spacial score (nSPS) is 12.7. The second kappa shape index (κ2) is 4.63. The molecule has 0 saturated heterocycles. The van der Waals surface area contributed by atoms with Gasteiger partial charge in [-0.1, -0.05) is 0 Å². The van der Waals surface area contributed by atoms with Crippen LogP contribution in [-0.4, -0.2) is 19.7 Å². The maximum atomic E-state index is 5.82. The zero-order valence-electron chi connectivity index (χ0n) is 9.16. The lowest BCUT2D eigenvalue weighted by Crippen LogP contribution is -2.05. The first-order valence-corrected chi connectivity index (χ1v) is 5.72. The Labute approximate surface area is 98.1 Å². The van der Waals surface area contributed by atoms with Crippen molar-refractivity contribution in [3.63, 3.8) is 0 Å². The molecule has 2 rings (SSSR count). The van der Waals surface area contributed by atoms with Crippen LogP contribution in [0.15, 0.2) is 34.8 Å². The lowest BCUT2D eigenvalue weighted by molar-refractivity contribution is 0.784. The molecule has 0 bridgehead atoms. The number of nitrogens with two attached hydrogens (primary N) is 1. The van der Waals surface area contributed by atoms with Crippen molar-refractivity contribution in [1.82, 2.24) is 19.7 Å². The van der Waals surface area contributed by atoms with E-state index in [1.807, 2.05) is 30.7 Å². The van der Waals surface area contributed by atoms with Gasteiger partial charge >= 0.3 is 0 Å². The van der Waals surface area contributed by atoms with E-state index >= 15 is 0 Å². The predicted molar refractivity (Wildman–Crippen MR) is 62.0 cm³/mol. The Morgan fingerprint density at radius 2 is 2.31 bits per heavy atom. The Hall–Kier alpha value is -1.40. The molecule has 2 aromatic rings. The third kappa shape index (κ3) is 2.40. The van der Waals surface area contributed by atoms with Gasteiger partial charge in [0.25, 0.3) is 0 Å². The highest BCUT2D eigenvalue weighted by Gasteiger charge is 2.06. The summed E-state index contributed by atoms with van der Waals surface area (Å²) >= 11 is 1.48. The Bertz CT molecular complexity index is 480. The van der Waals surface area contributed by atoms with Crippen LogP contribution in [0.25, 0.3) is 0 Å². The van der Waals surface area contributed by atoms with Gasteiger partial charge in [-0.15, -0.1) is 10.2 Å². The van der Waals surface area contributed by atoms with Crippen LogP contribution < -0.4 is 5.73 Å². The Morgan fingerprint density at radius 3 is 2.94 bits per heavy atom. The number of rotatable bonds is 3. The second-order valence-corrected chi connectivity index (χ2v) is 4.53. The summed E-state index contributed by atoms with van der Waals surface area (Å²) in [5.41, 5.74) is 6.88. The lowest BCUT2D eigenvalue weighted by atomic mass is 10.1. The molecule has 1 atom stereocenters. The molecule has 84 valence electrons. The number of hydrogen-bond donors (Lipinski definition) is 1. The van der Waals surface area contributed by atoms with Gasteiger partial charge in [0.2, 0.25) is 0 Å². The fourth-order valence-corrected chi connectivity index (χ4v) is 2.00. The highest BCUT2D eigenvalue weighted by atomic mass is 32.2. The molecule has 0 aliphatic rings. The molecule has 0 aliphatic carbocycles. The highest BCUT2D eigenvalue weighted by molar-refractivity contribution is 7.99. The number of hydrogen-bond acceptors (Lipinski definition) is 5. The molecule has 0 spiro atoms. The summed E-state index contributed by atoms with van der Waals surface area (Å²) in [5, 5.41) is 9.50. The molecule has 16 heavy (non-hydrogen) atoms. The van der Waals surface area contributed by atoms with E-state index in [0.717, 1.165) is 15.7 Å². The Kier molecular flexibility index (Phi) is 3.21. The Morgan fingerprint density at radius 1 is 1.50 bits per heavy atom. The van der Waals surface area contributed by atoms with E-state index in [9.17, 15) is 0 Å². The minimum atomic E-state index is 0.0156. The predicted octanol–water partition coefficient (Wildman–Crippen LogP) is 1.38. The SMILES string of the molecule is C[C@@H](N)c1ccnc(Sc2nncn2C)c1. The summed E-state index contributed by atoms with van der Waals surface area (Å²) < 4.78 is 1.85. The number of aromatic nitrogens is 4. The average Bonchev–Trinajstić information content (AvgIpc) is 2.65. The third-order valence-electron chi connectivity index (χ3n) is 2.15. The first kappa shape index (κ1) is 11.1. The first-order chi connectivity index (χ1) is 7.66. The molecule has 0 aliphatic heterocycles. The molecule has 0 radical (unpaired) electrons. The number of nitrogens with zero attached hydrogens (tertiary/aromatic N) is 4. The van der Waals surface area contributed by atoms with E-state index in [2.05, 4.69) is 15.2 Å². The summed E-state index contributed by atoms with van der Waals surface area (Å²) in [6.07, 6.45) is 3.43. The van der Waals surface area contributed by atoms with Crippen molar-refractivity contribution >= 4 is 11.8 Å². The van der Waals surface area contributed by atoms with Gasteiger partial charge in [0.1, 0.15) is 11.4 Å². The first-order valence-electron chi connectivity index (χ1n) is 4.90. The van der Waals surface area contributed by atoms with Crippen molar-refractivity contribution in [3.05, 3.63) is 30.2 Å². The van der Waals surface area contributed by atoms with Crippen molar-refractivity contribution in [2.75, 3.05) is 0 Å². The van der Waals surface area contributed by atoms with Gasteiger partial charge in [-0.2, -0.15) is 0 Å². The number of aryl methyl sites for hydroxylation is 1. The van der Waals surface area contributed by atoms with Gasteiger partial charge < -0.3 is 10.3 Å². The summed E-state index contributed by atoms with van der Waals surface area (Å²) in [4.78, 5) is 4.26. The molecule has 0 amide bonds. The molecule has 5 nitrogen and oxygen atoms in total. The fraction of sp³-hybridized carbons (Fsp3) is 0.300. The minimum absolute atomic E-state index is 0.0156. The van der Waals surface area contributed by atoms with Crippen LogP contribution in [0.3, 0.4) is 0 Å². The molecule has 0 aromatic carbocycles. The largest absolute Gasteiger partial charge is 0.324 e. The molecular formula is C10H13N5S. The Balaban J connectivity index is 2.22.